The lowest BCUT2D eigenvalue weighted by atomic mass is 10.1. The van der Waals surface area contributed by atoms with Crippen LogP contribution in [0.3, 0.4) is 0 Å². The summed E-state index contributed by atoms with van der Waals surface area (Å²) in [6.45, 7) is 4.87. The lowest BCUT2D eigenvalue weighted by Gasteiger charge is -2.11. The van der Waals surface area contributed by atoms with Crippen LogP contribution in [-0.4, -0.2) is 17.0 Å². The maximum absolute atomic E-state index is 10.6. The van der Waals surface area contributed by atoms with Gasteiger partial charge >= 0.3 is 11.9 Å². The molecule has 0 saturated heterocycles. The van der Waals surface area contributed by atoms with Gasteiger partial charge in [-0.15, -0.1) is 0 Å². The minimum absolute atomic E-state index is 0.149. The zero-order chi connectivity index (χ0) is 13.3. The molecule has 1 unspecified atom stereocenters. The molecule has 0 aromatic heterocycles. The predicted octanol–water partition coefficient (Wildman–Crippen LogP) is 2.79. The van der Waals surface area contributed by atoms with E-state index in [0.29, 0.717) is 0 Å². The van der Waals surface area contributed by atoms with E-state index in [9.17, 15) is 9.59 Å². The van der Waals surface area contributed by atoms with Crippen molar-refractivity contribution in [2.45, 2.75) is 33.3 Å². The quantitative estimate of drug-likeness (QED) is 0.822. The molecule has 0 spiro atoms. The molecule has 1 atom stereocenters. The van der Waals surface area contributed by atoms with Crippen LogP contribution in [0.4, 0.5) is 0 Å². The molecule has 0 aliphatic heterocycles. The number of carboxylic acid groups (broad SMARTS) is 1. The van der Waals surface area contributed by atoms with Crippen LogP contribution in [0.2, 0.25) is 0 Å². The van der Waals surface area contributed by atoms with Gasteiger partial charge < -0.3 is 9.84 Å². The molecule has 1 aromatic rings. The minimum Gasteiger partial charge on any atom is -0.481 e. The SMILES string of the molecule is CC(=O)OC(C)c1ccccc1.CCC(=O)O. The van der Waals surface area contributed by atoms with Crippen LogP contribution in [0.15, 0.2) is 30.3 Å². The molecule has 0 aliphatic rings. The Labute approximate surface area is 101 Å². The molecule has 0 aliphatic carbocycles. The highest BCUT2D eigenvalue weighted by Gasteiger charge is 2.06. The number of aliphatic carboxylic acids is 1. The highest BCUT2D eigenvalue weighted by Crippen LogP contribution is 2.15. The monoisotopic (exact) mass is 238 g/mol. The highest BCUT2D eigenvalue weighted by atomic mass is 16.5. The fourth-order valence-electron chi connectivity index (χ4n) is 1.04. The van der Waals surface area contributed by atoms with Crippen molar-refractivity contribution in [3.8, 4) is 0 Å². The second-order valence-corrected chi connectivity index (χ2v) is 3.41. The van der Waals surface area contributed by atoms with E-state index in [1.807, 2.05) is 37.3 Å². The van der Waals surface area contributed by atoms with Crippen LogP contribution in [0.25, 0.3) is 0 Å². The van der Waals surface area contributed by atoms with Gasteiger partial charge in [-0.2, -0.15) is 0 Å². The normalized spacial score (nSPS) is 10.8. The third kappa shape index (κ3) is 8.02. The largest absolute Gasteiger partial charge is 0.481 e. The Kier molecular flexibility index (Phi) is 7.43. The Balaban J connectivity index is 0.000000437. The summed E-state index contributed by atoms with van der Waals surface area (Å²) < 4.78 is 5.00. The molecule has 1 aromatic carbocycles. The summed E-state index contributed by atoms with van der Waals surface area (Å²) in [6.07, 6.45) is 0.0729. The average molecular weight is 238 g/mol. The van der Waals surface area contributed by atoms with E-state index < -0.39 is 5.97 Å². The predicted molar refractivity (Wildman–Crippen MR) is 64.5 cm³/mol. The van der Waals surface area contributed by atoms with Gasteiger partial charge in [0.2, 0.25) is 0 Å². The van der Waals surface area contributed by atoms with Gasteiger partial charge in [-0.05, 0) is 12.5 Å². The molecular formula is C13H18O4. The average Bonchev–Trinajstić information content (AvgIpc) is 2.30. The molecule has 94 valence electrons. The van der Waals surface area contributed by atoms with Crippen molar-refractivity contribution in [1.82, 2.24) is 0 Å². The molecule has 1 rings (SSSR count). The highest BCUT2D eigenvalue weighted by molar-refractivity contribution is 5.66. The van der Waals surface area contributed by atoms with Gasteiger partial charge in [-0.1, -0.05) is 37.3 Å². The number of ether oxygens (including phenoxy) is 1. The number of rotatable bonds is 3. The molecule has 1 N–H and O–H groups in total. The molecule has 0 fully saturated rings. The molecule has 0 radical (unpaired) electrons. The minimum atomic E-state index is -0.745. The summed E-state index contributed by atoms with van der Waals surface area (Å²) >= 11 is 0. The van der Waals surface area contributed by atoms with Crippen LogP contribution in [-0.2, 0) is 14.3 Å². The molecule has 0 amide bonds. The maximum atomic E-state index is 10.6. The first kappa shape index (κ1) is 15.2. The van der Waals surface area contributed by atoms with Gasteiger partial charge in [0.15, 0.2) is 0 Å². The van der Waals surface area contributed by atoms with Crippen LogP contribution >= 0.6 is 0 Å². The van der Waals surface area contributed by atoms with Crippen molar-refractivity contribution < 1.29 is 19.4 Å². The number of carbonyl (C=O) groups is 2. The molecule has 0 bridgehead atoms. The van der Waals surface area contributed by atoms with E-state index in [0.717, 1.165) is 5.56 Å². The number of hydrogen-bond acceptors (Lipinski definition) is 3. The summed E-state index contributed by atoms with van der Waals surface area (Å²) in [7, 11) is 0. The van der Waals surface area contributed by atoms with Gasteiger partial charge in [0.25, 0.3) is 0 Å². The van der Waals surface area contributed by atoms with Crippen molar-refractivity contribution >= 4 is 11.9 Å². The Hall–Kier alpha value is -1.84. The first-order valence-electron chi connectivity index (χ1n) is 5.41. The number of benzene rings is 1. The van der Waals surface area contributed by atoms with Crippen molar-refractivity contribution in [1.29, 1.82) is 0 Å². The van der Waals surface area contributed by atoms with E-state index in [4.69, 9.17) is 9.84 Å². The Morgan fingerprint density at radius 1 is 1.29 bits per heavy atom. The van der Waals surface area contributed by atoms with E-state index >= 15 is 0 Å². The van der Waals surface area contributed by atoms with Crippen LogP contribution < -0.4 is 0 Å². The van der Waals surface area contributed by atoms with Crippen molar-refractivity contribution in [2.75, 3.05) is 0 Å². The number of esters is 1. The zero-order valence-electron chi connectivity index (χ0n) is 10.3. The Bertz CT molecular complexity index is 346. The summed E-state index contributed by atoms with van der Waals surface area (Å²) in [5.41, 5.74) is 1.02. The van der Waals surface area contributed by atoms with Crippen molar-refractivity contribution in [3.05, 3.63) is 35.9 Å². The lowest BCUT2D eigenvalue weighted by Crippen LogP contribution is -2.04. The van der Waals surface area contributed by atoms with Crippen LogP contribution in [0.1, 0.15) is 38.9 Å². The van der Waals surface area contributed by atoms with Crippen molar-refractivity contribution in [3.63, 3.8) is 0 Å². The van der Waals surface area contributed by atoms with E-state index in [-0.39, 0.29) is 18.5 Å². The summed E-state index contributed by atoms with van der Waals surface area (Å²) in [5, 5.41) is 7.72. The fraction of sp³-hybridized carbons (Fsp3) is 0.385. The molecular weight excluding hydrogens is 220 g/mol. The van der Waals surface area contributed by atoms with Crippen molar-refractivity contribution in [2.24, 2.45) is 0 Å². The Morgan fingerprint density at radius 3 is 2.12 bits per heavy atom. The number of hydrogen-bond donors (Lipinski definition) is 1. The molecule has 4 nitrogen and oxygen atoms in total. The topological polar surface area (TPSA) is 63.6 Å². The van der Waals surface area contributed by atoms with Crippen LogP contribution in [0, 0.1) is 0 Å². The maximum Gasteiger partial charge on any atom is 0.303 e. The number of carboxylic acids is 1. The smallest absolute Gasteiger partial charge is 0.303 e. The van der Waals surface area contributed by atoms with Crippen LogP contribution in [0.5, 0.6) is 0 Å². The second kappa shape index (κ2) is 8.33. The number of carbonyl (C=O) groups excluding carboxylic acids is 1. The van der Waals surface area contributed by atoms with Gasteiger partial charge in [0.1, 0.15) is 6.10 Å². The summed E-state index contributed by atoms with van der Waals surface area (Å²) in [4.78, 5) is 20.0. The first-order chi connectivity index (χ1) is 7.97. The first-order valence-corrected chi connectivity index (χ1v) is 5.41. The third-order valence-electron chi connectivity index (χ3n) is 1.91. The van der Waals surface area contributed by atoms with Gasteiger partial charge in [0.05, 0.1) is 0 Å². The lowest BCUT2D eigenvalue weighted by molar-refractivity contribution is -0.145. The van der Waals surface area contributed by atoms with Gasteiger partial charge in [-0.3, -0.25) is 9.59 Å². The second-order valence-electron chi connectivity index (χ2n) is 3.41. The third-order valence-corrected chi connectivity index (χ3v) is 1.91. The Morgan fingerprint density at radius 2 is 1.76 bits per heavy atom. The summed E-state index contributed by atoms with van der Waals surface area (Å²) in [5.74, 6) is -0.989. The standard InChI is InChI=1S/C10H12O2.C3H6O2/c1-8(12-9(2)11)10-6-4-3-5-7-10;1-2-3(4)5/h3-8H,1-2H3;2H2,1H3,(H,4,5). The van der Waals surface area contributed by atoms with Gasteiger partial charge in [0, 0.05) is 13.3 Å². The molecule has 4 heteroatoms. The van der Waals surface area contributed by atoms with E-state index in [1.165, 1.54) is 6.92 Å². The molecule has 0 heterocycles. The van der Waals surface area contributed by atoms with Gasteiger partial charge in [-0.25, -0.2) is 0 Å². The molecule has 17 heavy (non-hydrogen) atoms. The van der Waals surface area contributed by atoms with E-state index in [2.05, 4.69) is 0 Å². The molecule has 0 saturated carbocycles. The fourth-order valence-corrected chi connectivity index (χ4v) is 1.04. The van der Waals surface area contributed by atoms with E-state index in [1.54, 1.807) is 6.92 Å². The summed E-state index contributed by atoms with van der Waals surface area (Å²) in [6, 6.07) is 9.66. The zero-order valence-corrected chi connectivity index (χ0v) is 10.3.